The summed E-state index contributed by atoms with van der Waals surface area (Å²) in [4.78, 5) is 11.9. The van der Waals surface area contributed by atoms with E-state index >= 15 is 0 Å². The van der Waals surface area contributed by atoms with Crippen molar-refractivity contribution in [3.05, 3.63) is 124 Å². The normalized spacial score (nSPS) is 12.8. The first-order valence-electron chi connectivity index (χ1n) is 13.3. The molecular formula is C32H24BrClF3N3O4S. The second kappa shape index (κ2) is 12.8. The Hall–Kier alpha value is -3.97. The van der Waals surface area contributed by atoms with E-state index in [0.29, 0.717) is 43.3 Å². The topological polar surface area (TPSA) is 92.5 Å². The predicted octanol–water partition coefficient (Wildman–Crippen LogP) is 7.96. The van der Waals surface area contributed by atoms with Crippen LogP contribution in [-0.4, -0.2) is 46.7 Å². The summed E-state index contributed by atoms with van der Waals surface area (Å²) in [5, 5.41) is 15.1. The van der Waals surface area contributed by atoms with Crippen LogP contribution in [-0.2, 0) is 27.4 Å². The highest BCUT2D eigenvalue weighted by molar-refractivity contribution is 9.10. The van der Waals surface area contributed by atoms with Gasteiger partial charge in [0, 0.05) is 23.2 Å². The van der Waals surface area contributed by atoms with Gasteiger partial charge < -0.3 is 5.11 Å². The van der Waals surface area contributed by atoms with Crippen LogP contribution in [0.4, 0.5) is 13.2 Å². The van der Waals surface area contributed by atoms with Crippen LogP contribution in [0.25, 0.3) is 28.2 Å². The van der Waals surface area contributed by atoms with Crippen LogP contribution in [0.1, 0.15) is 11.1 Å². The first-order chi connectivity index (χ1) is 21.3. The molecule has 0 saturated carbocycles. The molecule has 7 nitrogen and oxygen atoms in total. The Kier molecular flexibility index (Phi) is 9.22. The molecule has 0 fully saturated rings. The zero-order valence-corrected chi connectivity index (χ0v) is 26.6. The van der Waals surface area contributed by atoms with E-state index in [-0.39, 0.29) is 11.3 Å². The Morgan fingerprint density at radius 2 is 1.51 bits per heavy atom. The molecule has 0 unspecified atom stereocenters. The van der Waals surface area contributed by atoms with E-state index < -0.39 is 33.8 Å². The highest BCUT2D eigenvalue weighted by Crippen LogP contribution is 2.40. The summed E-state index contributed by atoms with van der Waals surface area (Å²) in [7, 11) is -3.02. The van der Waals surface area contributed by atoms with Gasteiger partial charge in [-0.3, -0.25) is 4.79 Å². The lowest BCUT2D eigenvalue weighted by atomic mass is 10.1. The third-order valence-electron chi connectivity index (χ3n) is 7.19. The monoisotopic (exact) mass is 717 g/mol. The number of alkyl halides is 3. The minimum absolute atomic E-state index is 0.0325. The zero-order valence-electron chi connectivity index (χ0n) is 23.4. The zero-order chi connectivity index (χ0) is 32.5. The van der Waals surface area contributed by atoms with Crippen LogP contribution in [0, 0.1) is 0 Å². The number of aromatic nitrogens is 2. The van der Waals surface area contributed by atoms with Crippen molar-refractivity contribution in [3.8, 4) is 28.2 Å². The number of hydrogen-bond donors (Lipinski definition) is 1. The lowest BCUT2D eigenvalue weighted by Crippen LogP contribution is -2.43. The van der Waals surface area contributed by atoms with Crippen molar-refractivity contribution < 1.29 is 31.5 Å². The fourth-order valence-corrected chi connectivity index (χ4v) is 6.89. The molecular weight excluding hydrogens is 695 g/mol. The maximum atomic E-state index is 13.5. The number of likely N-dealkylation sites (N-methyl/N-ethyl adjacent to an activating group) is 1. The molecule has 0 saturated heterocycles. The molecule has 5 aromatic rings. The standard InChI is InChI=1S/C32H24BrClF3N3O4S/c1-39(27(31(41)42)19-20-5-3-2-4-6-20)45(43,44)26-17-15-25(16-18-26)40-30(22-7-11-23(12-8-22)32(35,36)37)28(33)29(38-40)21-9-13-24(34)14-10-21/h2-18,27H,19H2,1H3,(H,41,42)/t27-/m0/s1. The number of carbonyl (C=O) groups is 1. The van der Waals surface area contributed by atoms with Gasteiger partial charge in [0.2, 0.25) is 10.0 Å². The molecule has 45 heavy (non-hydrogen) atoms. The van der Waals surface area contributed by atoms with Crippen LogP contribution < -0.4 is 0 Å². The number of hydrogen-bond acceptors (Lipinski definition) is 4. The Bertz CT molecular complexity index is 1930. The molecule has 1 heterocycles. The van der Waals surface area contributed by atoms with Gasteiger partial charge in [0.25, 0.3) is 0 Å². The van der Waals surface area contributed by atoms with Crippen molar-refractivity contribution >= 4 is 43.5 Å². The molecule has 13 heteroatoms. The van der Waals surface area contributed by atoms with Crippen LogP contribution in [0.3, 0.4) is 0 Å². The Labute approximate surface area is 270 Å². The van der Waals surface area contributed by atoms with E-state index in [1.54, 1.807) is 54.6 Å². The second-order valence-corrected chi connectivity index (χ2v) is 13.3. The van der Waals surface area contributed by atoms with Gasteiger partial charge in [-0.25, -0.2) is 13.1 Å². The van der Waals surface area contributed by atoms with Gasteiger partial charge >= 0.3 is 12.1 Å². The fourth-order valence-electron chi connectivity index (χ4n) is 4.75. The average molecular weight is 719 g/mol. The minimum atomic E-state index is -4.51. The molecule has 0 aliphatic heterocycles. The molecule has 1 atom stereocenters. The van der Waals surface area contributed by atoms with Gasteiger partial charge in [-0.1, -0.05) is 66.2 Å². The summed E-state index contributed by atoms with van der Waals surface area (Å²) >= 11 is 9.63. The van der Waals surface area contributed by atoms with Crippen LogP contribution >= 0.6 is 27.5 Å². The van der Waals surface area contributed by atoms with E-state index in [4.69, 9.17) is 16.7 Å². The third-order valence-corrected chi connectivity index (χ3v) is 10.1. The lowest BCUT2D eigenvalue weighted by Gasteiger charge is -2.24. The Morgan fingerprint density at radius 1 is 0.933 bits per heavy atom. The van der Waals surface area contributed by atoms with E-state index in [1.807, 2.05) is 0 Å². The van der Waals surface area contributed by atoms with Gasteiger partial charge in [0.05, 0.1) is 26.3 Å². The number of aliphatic carboxylic acids is 1. The molecule has 5 rings (SSSR count). The highest BCUT2D eigenvalue weighted by Gasteiger charge is 2.33. The number of carboxylic acid groups (broad SMARTS) is 1. The van der Waals surface area contributed by atoms with Gasteiger partial charge in [-0.05, 0) is 76.4 Å². The predicted molar refractivity (Wildman–Crippen MR) is 169 cm³/mol. The minimum Gasteiger partial charge on any atom is -0.480 e. The molecule has 0 radical (unpaired) electrons. The smallest absolute Gasteiger partial charge is 0.416 e. The summed E-state index contributed by atoms with van der Waals surface area (Å²) in [6.07, 6.45) is -4.55. The Balaban J connectivity index is 1.54. The molecule has 0 aliphatic rings. The summed E-state index contributed by atoms with van der Waals surface area (Å²) < 4.78 is 69.7. The van der Waals surface area contributed by atoms with Crippen LogP contribution in [0.15, 0.2) is 112 Å². The van der Waals surface area contributed by atoms with Crippen molar-refractivity contribution in [1.29, 1.82) is 0 Å². The van der Waals surface area contributed by atoms with Crippen molar-refractivity contribution in [1.82, 2.24) is 14.1 Å². The number of halogens is 5. The van der Waals surface area contributed by atoms with Crippen molar-refractivity contribution in [3.63, 3.8) is 0 Å². The molecule has 1 aromatic heterocycles. The lowest BCUT2D eigenvalue weighted by molar-refractivity contribution is -0.141. The highest BCUT2D eigenvalue weighted by atomic mass is 79.9. The number of benzene rings is 4. The molecule has 0 amide bonds. The van der Waals surface area contributed by atoms with Crippen molar-refractivity contribution in [2.24, 2.45) is 0 Å². The van der Waals surface area contributed by atoms with Crippen LogP contribution in [0.5, 0.6) is 0 Å². The number of carboxylic acids is 1. The van der Waals surface area contributed by atoms with Gasteiger partial charge in [-0.15, -0.1) is 0 Å². The molecule has 4 aromatic carbocycles. The first kappa shape index (κ1) is 32.4. The van der Waals surface area contributed by atoms with E-state index in [9.17, 15) is 31.5 Å². The molecule has 0 aliphatic carbocycles. The summed E-state index contributed by atoms with van der Waals surface area (Å²) in [5.41, 5.74) is 2.27. The third kappa shape index (κ3) is 6.84. The maximum Gasteiger partial charge on any atom is 0.416 e. The van der Waals surface area contributed by atoms with Gasteiger partial charge in [-0.2, -0.15) is 22.6 Å². The van der Waals surface area contributed by atoms with Crippen molar-refractivity contribution in [2.75, 3.05) is 7.05 Å². The van der Waals surface area contributed by atoms with E-state index in [0.717, 1.165) is 16.4 Å². The molecule has 0 spiro atoms. The van der Waals surface area contributed by atoms with E-state index in [2.05, 4.69) is 15.9 Å². The van der Waals surface area contributed by atoms with Crippen LogP contribution in [0.2, 0.25) is 5.02 Å². The second-order valence-electron chi connectivity index (χ2n) is 10.1. The number of rotatable bonds is 9. The van der Waals surface area contributed by atoms with Crippen molar-refractivity contribution in [2.45, 2.75) is 23.5 Å². The largest absolute Gasteiger partial charge is 0.480 e. The molecule has 0 bridgehead atoms. The first-order valence-corrected chi connectivity index (χ1v) is 16.0. The summed E-state index contributed by atoms with van der Waals surface area (Å²) in [5.74, 6) is -1.29. The Morgan fingerprint density at radius 3 is 2.07 bits per heavy atom. The molecule has 232 valence electrons. The average Bonchev–Trinajstić information content (AvgIpc) is 3.36. The van der Waals surface area contributed by atoms with E-state index in [1.165, 1.54) is 48.1 Å². The van der Waals surface area contributed by atoms with Gasteiger partial charge in [0.15, 0.2) is 0 Å². The number of sulfonamides is 1. The maximum absolute atomic E-state index is 13.5. The quantitative estimate of drug-likeness (QED) is 0.167. The summed E-state index contributed by atoms with van der Waals surface area (Å²) in [6, 6.07) is 24.5. The van der Waals surface area contributed by atoms with Gasteiger partial charge in [0.1, 0.15) is 11.7 Å². The summed E-state index contributed by atoms with van der Waals surface area (Å²) in [6.45, 7) is 0. The molecule has 1 N–H and O–H groups in total. The number of nitrogens with zero attached hydrogens (tertiary/aromatic N) is 3. The SMILES string of the molecule is CN([C@@H](Cc1ccccc1)C(=O)O)S(=O)(=O)c1ccc(-n2nc(-c3ccc(Cl)cc3)c(Br)c2-c2ccc(C(F)(F)F)cc2)cc1. The fraction of sp³-hybridized carbons (Fsp3) is 0.125.